The van der Waals surface area contributed by atoms with E-state index in [1.807, 2.05) is 11.8 Å². The maximum absolute atomic E-state index is 5.18. The lowest BCUT2D eigenvalue weighted by Gasteiger charge is -2.20. The van der Waals surface area contributed by atoms with E-state index >= 15 is 0 Å². The van der Waals surface area contributed by atoms with Gasteiger partial charge in [-0.15, -0.1) is 0 Å². The van der Waals surface area contributed by atoms with Gasteiger partial charge in [-0.2, -0.15) is 16.7 Å². The Bertz CT molecular complexity index is 405. The van der Waals surface area contributed by atoms with Gasteiger partial charge in [0, 0.05) is 11.3 Å². The molecule has 0 bridgehead atoms. The van der Waals surface area contributed by atoms with Gasteiger partial charge in [0.25, 0.3) is 0 Å². The summed E-state index contributed by atoms with van der Waals surface area (Å²) in [6.45, 7) is 2.21. The van der Waals surface area contributed by atoms with Crippen molar-refractivity contribution >= 4 is 33.6 Å². The molecule has 100 valence electrons. The van der Waals surface area contributed by atoms with Crippen molar-refractivity contribution in [3.8, 4) is 5.88 Å². The molecular formula is C12H18BrN3OS. The van der Waals surface area contributed by atoms with Crippen molar-refractivity contribution in [3.63, 3.8) is 0 Å². The minimum atomic E-state index is 0.473. The highest BCUT2D eigenvalue weighted by Crippen LogP contribution is 2.32. The second-order valence-electron chi connectivity index (χ2n) is 4.23. The molecule has 2 atom stereocenters. The Morgan fingerprint density at radius 3 is 3.11 bits per heavy atom. The highest BCUT2D eigenvalue weighted by Gasteiger charge is 2.27. The van der Waals surface area contributed by atoms with Crippen molar-refractivity contribution in [2.75, 3.05) is 18.2 Å². The standard InChI is InChI=1S/C12H18BrN3OS/c1-3-18-10-6-4-5-9(10)15-12-14-7-8(13)11(16-12)17-2/h7,9-10H,3-6H2,1-2H3,(H,14,15,16). The molecular weight excluding hydrogens is 314 g/mol. The highest BCUT2D eigenvalue weighted by molar-refractivity contribution is 9.10. The molecule has 0 saturated heterocycles. The lowest BCUT2D eigenvalue weighted by Crippen LogP contribution is -2.27. The van der Waals surface area contributed by atoms with Crippen LogP contribution in [-0.4, -0.2) is 34.1 Å². The molecule has 1 N–H and O–H groups in total. The molecule has 1 saturated carbocycles. The maximum Gasteiger partial charge on any atom is 0.232 e. The van der Waals surface area contributed by atoms with Gasteiger partial charge in [-0.3, -0.25) is 0 Å². The van der Waals surface area contributed by atoms with Gasteiger partial charge in [0.15, 0.2) is 0 Å². The van der Waals surface area contributed by atoms with Crippen LogP contribution in [0.1, 0.15) is 26.2 Å². The number of thioether (sulfide) groups is 1. The van der Waals surface area contributed by atoms with E-state index in [4.69, 9.17) is 4.74 Å². The van der Waals surface area contributed by atoms with Crippen molar-refractivity contribution in [1.29, 1.82) is 0 Å². The SMILES string of the molecule is CCSC1CCCC1Nc1ncc(Br)c(OC)n1. The molecule has 0 spiro atoms. The number of anilines is 1. The highest BCUT2D eigenvalue weighted by atomic mass is 79.9. The van der Waals surface area contributed by atoms with E-state index in [0.29, 0.717) is 23.1 Å². The molecule has 2 rings (SSSR count). The van der Waals surface area contributed by atoms with E-state index in [9.17, 15) is 0 Å². The lowest BCUT2D eigenvalue weighted by atomic mass is 10.2. The molecule has 1 heterocycles. The van der Waals surface area contributed by atoms with Crippen molar-refractivity contribution in [2.24, 2.45) is 0 Å². The van der Waals surface area contributed by atoms with Crippen LogP contribution in [0.4, 0.5) is 5.95 Å². The van der Waals surface area contributed by atoms with Crippen LogP contribution in [0.25, 0.3) is 0 Å². The summed E-state index contributed by atoms with van der Waals surface area (Å²) in [6.07, 6.45) is 5.48. The van der Waals surface area contributed by atoms with E-state index in [1.54, 1.807) is 13.3 Å². The van der Waals surface area contributed by atoms with Crippen LogP contribution in [0.2, 0.25) is 0 Å². The number of rotatable bonds is 5. The second kappa shape index (κ2) is 6.61. The summed E-state index contributed by atoms with van der Waals surface area (Å²) in [4.78, 5) is 8.63. The van der Waals surface area contributed by atoms with E-state index in [2.05, 4.69) is 38.1 Å². The van der Waals surface area contributed by atoms with Crippen LogP contribution in [0.15, 0.2) is 10.7 Å². The van der Waals surface area contributed by atoms with Gasteiger partial charge in [0.1, 0.15) is 0 Å². The lowest BCUT2D eigenvalue weighted by molar-refractivity contribution is 0.394. The van der Waals surface area contributed by atoms with Crippen molar-refractivity contribution < 1.29 is 4.74 Å². The summed E-state index contributed by atoms with van der Waals surface area (Å²) in [5.41, 5.74) is 0. The molecule has 1 aromatic heterocycles. The largest absolute Gasteiger partial charge is 0.480 e. The zero-order valence-corrected chi connectivity index (χ0v) is 13.1. The van der Waals surface area contributed by atoms with Crippen molar-refractivity contribution in [3.05, 3.63) is 10.7 Å². The third-order valence-electron chi connectivity index (χ3n) is 3.05. The monoisotopic (exact) mass is 331 g/mol. The third-order valence-corrected chi connectivity index (χ3v) is 4.92. The molecule has 1 aromatic rings. The minimum absolute atomic E-state index is 0.473. The summed E-state index contributed by atoms with van der Waals surface area (Å²) in [7, 11) is 1.61. The Balaban J connectivity index is 2.04. The van der Waals surface area contributed by atoms with E-state index in [0.717, 1.165) is 10.2 Å². The van der Waals surface area contributed by atoms with Gasteiger partial charge >= 0.3 is 0 Å². The smallest absolute Gasteiger partial charge is 0.232 e. The zero-order valence-electron chi connectivity index (χ0n) is 10.6. The molecule has 0 aliphatic heterocycles. The van der Waals surface area contributed by atoms with E-state index < -0.39 is 0 Å². The molecule has 1 fully saturated rings. The third kappa shape index (κ3) is 3.29. The fourth-order valence-electron chi connectivity index (χ4n) is 2.23. The van der Waals surface area contributed by atoms with Gasteiger partial charge in [-0.05, 0) is 34.5 Å². The molecule has 18 heavy (non-hydrogen) atoms. The molecule has 6 heteroatoms. The molecule has 2 unspecified atom stereocenters. The summed E-state index contributed by atoms with van der Waals surface area (Å²) < 4.78 is 5.96. The first-order valence-electron chi connectivity index (χ1n) is 6.19. The number of ether oxygens (including phenoxy) is 1. The van der Waals surface area contributed by atoms with Gasteiger partial charge < -0.3 is 10.1 Å². The molecule has 1 aliphatic carbocycles. The molecule has 0 aromatic carbocycles. The van der Waals surface area contributed by atoms with Gasteiger partial charge in [-0.25, -0.2) is 4.98 Å². The Labute approximate surface area is 120 Å². The number of nitrogens with one attached hydrogen (secondary N) is 1. The van der Waals surface area contributed by atoms with Gasteiger partial charge in [0.2, 0.25) is 11.8 Å². The number of hydrogen-bond acceptors (Lipinski definition) is 5. The van der Waals surface area contributed by atoms with Crippen LogP contribution in [0.3, 0.4) is 0 Å². The van der Waals surface area contributed by atoms with Crippen LogP contribution in [0, 0.1) is 0 Å². The summed E-state index contributed by atoms with van der Waals surface area (Å²) in [5.74, 6) is 2.39. The summed E-state index contributed by atoms with van der Waals surface area (Å²) in [5, 5.41) is 4.11. The average Bonchev–Trinajstić information content (AvgIpc) is 2.80. The van der Waals surface area contributed by atoms with Gasteiger partial charge in [-0.1, -0.05) is 13.3 Å². The van der Waals surface area contributed by atoms with Crippen LogP contribution < -0.4 is 10.1 Å². The van der Waals surface area contributed by atoms with E-state index in [1.165, 1.54) is 19.3 Å². The minimum Gasteiger partial charge on any atom is -0.480 e. The maximum atomic E-state index is 5.18. The van der Waals surface area contributed by atoms with Crippen molar-refractivity contribution in [1.82, 2.24) is 9.97 Å². The fraction of sp³-hybridized carbons (Fsp3) is 0.667. The van der Waals surface area contributed by atoms with Crippen molar-refractivity contribution in [2.45, 2.75) is 37.5 Å². The Hall–Kier alpha value is -0.490. The molecule has 4 nitrogen and oxygen atoms in total. The second-order valence-corrected chi connectivity index (χ2v) is 6.60. The Morgan fingerprint density at radius 2 is 2.39 bits per heavy atom. The number of methoxy groups -OCH3 is 1. The Kier molecular flexibility index (Phi) is 5.12. The van der Waals surface area contributed by atoms with Crippen LogP contribution in [0.5, 0.6) is 5.88 Å². The molecule has 0 amide bonds. The van der Waals surface area contributed by atoms with Crippen LogP contribution >= 0.6 is 27.7 Å². The number of halogens is 1. The quantitative estimate of drug-likeness (QED) is 0.896. The first-order chi connectivity index (χ1) is 8.74. The van der Waals surface area contributed by atoms with E-state index in [-0.39, 0.29) is 0 Å². The number of aromatic nitrogens is 2. The fourth-order valence-corrected chi connectivity index (χ4v) is 3.79. The molecule has 0 radical (unpaired) electrons. The number of hydrogen-bond donors (Lipinski definition) is 1. The number of nitrogens with zero attached hydrogens (tertiary/aromatic N) is 2. The first kappa shape index (κ1) is 13.9. The summed E-state index contributed by atoms with van der Waals surface area (Å²) >= 11 is 5.38. The normalized spacial score (nSPS) is 23.1. The predicted molar refractivity (Wildman–Crippen MR) is 79.5 cm³/mol. The molecule has 1 aliphatic rings. The predicted octanol–water partition coefficient (Wildman–Crippen LogP) is 3.33. The summed E-state index contributed by atoms with van der Waals surface area (Å²) in [6, 6.07) is 0.473. The van der Waals surface area contributed by atoms with Crippen LogP contribution in [-0.2, 0) is 0 Å². The van der Waals surface area contributed by atoms with Gasteiger partial charge in [0.05, 0.1) is 17.8 Å². The Morgan fingerprint density at radius 1 is 1.56 bits per heavy atom. The topological polar surface area (TPSA) is 47.0 Å². The average molecular weight is 332 g/mol. The zero-order chi connectivity index (χ0) is 13.0. The first-order valence-corrected chi connectivity index (χ1v) is 8.03.